The molecule has 0 amide bonds. The number of hydrogen-bond acceptors (Lipinski definition) is 9. The molecular weight excluding hydrogens is 358 g/mol. The molecule has 5 aromatic heterocycles. The van der Waals surface area contributed by atoms with E-state index in [4.69, 9.17) is 0 Å². The number of rotatable bonds is 0. The first-order chi connectivity index (χ1) is 13.9. The number of anilines is 1. The molecular formula is C17H15N11. The van der Waals surface area contributed by atoms with Gasteiger partial charge in [-0.25, -0.2) is 19.9 Å². The van der Waals surface area contributed by atoms with Crippen molar-refractivity contribution in [3.8, 4) is 0 Å². The first-order valence-electron chi connectivity index (χ1n) is 8.31. The van der Waals surface area contributed by atoms with Gasteiger partial charge in [0.15, 0.2) is 11.3 Å². The van der Waals surface area contributed by atoms with Gasteiger partial charge in [-0.1, -0.05) is 6.08 Å². The number of aromatic amines is 2. The van der Waals surface area contributed by atoms with Crippen molar-refractivity contribution in [1.29, 1.82) is 0 Å². The zero-order valence-electron chi connectivity index (χ0n) is 14.6. The van der Waals surface area contributed by atoms with Gasteiger partial charge in [0.25, 0.3) is 0 Å². The molecule has 0 radical (unpaired) electrons. The van der Waals surface area contributed by atoms with Gasteiger partial charge in [-0.15, -0.1) is 5.10 Å². The highest BCUT2D eigenvalue weighted by Gasteiger charge is 2.01. The third kappa shape index (κ3) is 4.09. The van der Waals surface area contributed by atoms with Gasteiger partial charge in [-0.3, -0.25) is 10.2 Å². The van der Waals surface area contributed by atoms with Crippen LogP contribution in [0.5, 0.6) is 0 Å². The number of nitrogens with one attached hydrogen (secondary N) is 3. The lowest BCUT2D eigenvalue weighted by Gasteiger charge is -2.09. The maximum Gasteiger partial charge on any atom is 0.177 e. The van der Waals surface area contributed by atoms with E-state index in [-0.39, 0.29) is 0 Å². The number of H-pyrrole nitrogens is 2. The summed E-state index contributed by atoms with van der Waals surface area (Å²) in [5.74, 6) is 0. The maximum absolute atomic E-state index is 4.06. The maximum atomic E-state index is 4.06. The molecule has 0 aromatic carbocycles. The zero-order chi connectivity index (χ0) is 19.0. The Kier molecular flexibility index (Phi) is 5.15. The Morgan fingerprint density at radius 3 is 2.64 bits per heavy atom. The van der Waals surface area contributed by atoms with Crippen LogP contribution in [0.15, 0.2) is 55.7 Å². The van der Waals surface area contributed by atoms with Crippen LogP contribution < -0.4 is 5.32 Å². The van der Waals surface area contributed by atoms with Crippen LogP contribution in [0.4, 0.5) is 5.69 Å². The fourth-order valence-electron chi connectivity index (χ4n) is 2.33. The fourth-order valence-corrected chi connectivity index (χ4v) is 2.33. The van der Waals surface area contributed by atoms with Crippen molar-refractivity contribution in [1.82, 2.24) is 50.5 Å². The van der Waals surface area contributed by atoms with Crippen molar-refractivity contribution >= 4 is 34.0 Å². The summed E-state index contributed by atoms with van der Waals surface area (Å²) >= 11 is 0. The summed E-state index contributed by atoms with van der Waals surface area (Å²) < 4.78 is 0. The molecule has 0 saturated carbocycles. The van der Waals surface area contributed by atoms with E-state index < -0.39 is 0 Å². The standard InChI is InChI=1S/C7H7N3.2C5H4N4/c1-2-6-7(9-3-1)4-8-5-10-6;1-2-7-5-4(6-1)3-8-9-5;1-2-6-8-5-4(1)3-7-9-5/h1-2,4-5,9H,3H2;2*1-3H,(H,7,8,9). The second-order valence-corrected chi connectivity index (χ2v) is 5.47. The van der Waals surface area contributed by atoms with Crippen LogP contribution >= 0.6 is 0 Å². The Morgan fingerprint density at radius 1 is 0.857 bits per heavy atom. The van der Waals surface area contributed by atoms with Crippen LogP contribution in [0.25, 0.3) is 28.3 Å². The van der Waals surface area contributed by atoms with Crippen LogP contribution in [0.2, 0.25) is 0 Å². The Hall–Kier alpha value is -4.28. The molecule has 1 aliphatic heterocycles. The SMILES string of the molecule is C1=Cc2ncncc2NC1.c1cc2cn[nH]c2nn1.c1cnc2[nH]ncc2n1. The molecule has 0 aliphatic carbocycles. The Morgan fingerprint density at radius 2 is 1.75 bits per heavy atom. The summed E-state index contributed by atoms with van der Waals surface area (Å²) in [6, 6.07) is 1.85. The first-order valence-corrected chi connectivity index (χ1v) is 8.31. The van der Waals surface area contributed by atoms with E-state index in [2.05, 4.69) is 55.8 Å². The molecule has 6 rings (SSSR count). The van der Waals surface area contributed by atoms with Gasteiger partial charge in [0.2, 0.25) is 0 Å². The topological polar surface area (TPSA) is 147 Å². The molecule has 3 N–H and O–H groups in total. The van der Waals surface area contributed by atoms with Crippen molar-refractivity contribution in [3.05, 3.63) is 61.3 Å². The molecule has 0 saturated heterocycles. The summed E-state index contributed by atoms with van der Waals surface area (Å²) in [5.41, 5.74) is 4.26. The van der Waals surface area contributed by atoms with E-state index in [1.165, 1.54) is 0 Å². The van der Waals surface area contributed by atoms with E-state index in [1.807, 2.05) is 18.2 Å². The monoisotopic (exact) mass is 373 g/mol. The Balaban J connectivity index is 0.000000103. The van der Waals surface area contributed by atoms with Crippen LogP contribution in [-0.4, -0.2) is 57.1 Å². The Labute approximate surface area is 158 Å². The summed E-state index contributed by atoms with van der Waals surface area (Å²) in [4.78, 5) is 15.9. The molecule has 0 bridgehead atoms. The van der Waals surface area contributed by atoms with Gasteiger partial charge >= 0.3 is 0 Å². The summed E-state index contributed by atoms with van der Waals surface area (Å²) in [5, 5.41) is 24.5. The van der Waals surface area contributed by atoms with E-state index >= 15 is 0 Å². The van der Waals surface area contributed by atoms with Crippen molar-refractivity contribution in [2.45, 2.75) is 0 Å². The minimum Gasteiger partial charge on any atom is -0.379 e. The molecule has 11 nitrogen and oxygen atoms in total. The minimum absolute atomic E-state index is 0.734. The molecule has 0 unspecified atom stereocenters. The van der Waals surface area contributed by atoms with Crippen molar-refractivity contribution in [2.24, 2.45) is 0 Å². The van der Waals surface area contributed by atoms with Crippen LogP contribution in [0.1, 0.15) is 5.69 Å². The first kappa shape index (κ1) is 17.1. The van der Waals surface area contributed by atoms with E-state index in [9.17, 15) is 0 Å². The highest BCUT2D eigenvalue weighted by Crippen LogP contribution is 2.14. The molecule has 11 heteroatoms. The second-order valence-electron chi connectivity index (χ2n) is 5.47. The third-order valence-electron chi connectivity index (χ3n) is 3.64. The minimum atomic E-state index is 0.734. The number of nitrogens with zero attached hydrogens (tertiary/aromatic N) is 8. The molecule has 1 aliphatic rings. The lowest BCUT2D eigenvalue weighted by atomic mass is 10.2. The van der Waals surface area contributed by atoms with Crippen molar-refractivity contribution < 1.29 is 0 Å². The third-order valence-corrected chi connectivity index (χ3v) is 3.64. The van der Waals surface area contributed by atoms with Crippen LogP contribution in [-0.2, 0) is 0 Å². The van der Waals surface area contributed by atoms with Gasteiger partial charge in [0.1, 0.15) is 11.8 Å². The highest BCUT2D eigenvalue weighted by molar-refractivity contribution is 5.72. The van der Waals surface area contributed by atoms with Gasteiger partial charge in [0.05, 0.1) is 36.2 Å². The number of hydrogen-bond donors (Lipinski definition) is 3. The van der Waals surface area contributed by atoms with Gasteiger partial charge in [-0.2, -0.15) is 15.3 Å². The molecule has 0 spiro atoms. The molecule has 138 valence electrons. The molecule has 28 heavy (non-hydrogen) atoms. The lowest BCUT2D eigenvalue weighted by Crippen LogP contribution is -2.05. The smallest absolute Gasteiger partial charge is 0.177 e. The molecule has 0 atom stereocenters. The predicted molar refractivity (Wildman–Crippen MR) is 103 cm³/mol. The Bertz CT molecular complexity index is 1070. The number of aromatic nitrogens is 10. The van der Waals surface area contributed by atoms with E-state index in [1.54, 1.807) is 43.5 Å². The fraction of sp³-hybridized carbons (Fsp3) is 0.0588. The van der Waals surface area contributed by atoms with Crippen molar-refractivity contribution in [2.75, 3.05) is 11.9 Å². The van der Waals surface area contributed by atoms with E-state index in [0.717, 1.165) is 40.1 Å². The quantitative estimate of drug-likeness (QED) is 0.368. The predicted octanol–water partition coefficient (Wildman–Crippen LogP) is 1.62. The average Bonchev–Trinajstić information content (AvgIpc) is 3.44. The van der Waals surface area contributed by atoms with Gasteiger partial charge < -0.3 is 5.32 Å². The second kappa shape index (κ2) is 8.40. The lowest BCUT2D eigenvalue weighted by molar-refractivity contribution is 1.02. The van der Waals surface area contributed by atoms with E-state index in [0.29, 0.717) is 0 Å². The number of fused-ring (bicyclic) bond motifs is 3. The van der Waals surface area contributed by atoms with Gasteiger partial charge in [0, 0.05) is 24.3 Å². The molecule has 5 aromatic rings. The summed E-state index contributed by atoms with van der Waals surface area (Å²) in [7, 11) is 0. The zero-order valence-corrected chi connectivity index (χ0v) is 14.6. The van der Waals surface area contributed by atoms with Crippen LogP contribution in [0.3, 0.4) is 0 Å². The van der Waals surface area contributed by atoms with Gasteiger partial charge in [-0.05, 0) is 12.1 Å². The van der Waals surface area contributed by atoms with Crippen molar-refractivity contribution in [3.63, 3.8) is 0 Å². The summed E-state index contributed by atoms with van der Waals surface area (Å²) in [6.45, 7) is 0.875. The molecule has 0 fully saturated rings. The largest absolute Gasteiger partial charge is 0.379 e. The highest BCUT2D eigenvalue weighted by atomic mass is 15.2. The molecule has 6 heterocycles. The average molecular weight is 373 g/mol. The normalized spacial score (nSPS) is 11.6. The summed E-state index contributed by atoms with van der Waals surface area (Å²) in [6.07, 6.45) is 15.6. The van der Waals surface area contributed by atoms with Crippen LogP contribution in [0, 0.1) is 0 Å².